The third-order valence-electron chi connectivity index (χ3n) is 5.26. The van der Waals surface area contributed by atoms with Crippen LogP contribution in [0.5, 0.6) is 0 Å². The largest absolute Gasteiger partial charge is 0.446 e. The second-order valence-corrected chi connectivity index (χ2v) is 7.95. The van der Waals surface area contributed by atoms with E-state index in [-0.39, 0.29) is 17.5 Å². The molecule has 146 valence electrons. The van der Waals surface area contributed by atoms with Gasteiger partial charge in [-0.15, -0.1) is 0 Å². The molecule has 0 spiro atoms. The number of nitrogens with one attached hydrogen (secondary N) is 1. The van der Waals surface area contributed by atoms with Gasteiger partial charge in [0, 0.05) is 12.1 Å². The van der Waals surface area contributed by atoms with Gasteiger partial charge in [-0.2, -0.15) is 0 Å². The highest BCUT2D eigenvalue weighted by Gasteiger charge is 2.26. The van der Waals surface area contributed by atoms with Crippen LogP contribution in [-0.4, -0.2) is 29.4 Å². The first kappa shape index (κ1) is 20.6. The van der Waals surface area contributed by atoms with Crippen LogP contribution in [-0.2, 0) is 4.74 Å². The summed E-state index contributed by atoms with van der Waals surface area (Å²) in [5, 5.41) is 13.6. The summed E-state index contributed by atoms with van der Waals surface area (Å²) in [6, 6.07) is 6.08. The van der Waals surface area contributed by atoms with Gasteiger partial charge in [0.1, 0.15) is 11.9 Å². The number of hydrogen-bond donors (Lipinski definition) is 3. The molecule has 1 amide bonds. The summed E-state index contributed by atoms with van der Waals surface area (Å²) < 4.78 is 18.3. The van der Waals surface area contributed by atoms with Crippen LogP contribution in [0, 0.1) is 11.7 Å². The van der Waals surface area contributed by atoms with Gasteiger partial charge in [0.05, 0.1) is 6.10 Å². The minimum atomic E-state index is -0.730. The summed E-state index contributed by atoms with van der Waals surface area (Å²) in [4.78, 5) is 10.8. The molecule has 1 aromatic carbocycles. The molecule has 5 nitrogen and oxygen atoms in total. The number of ether oxygens (including phenoxy) is 1. The van der Waals surface area contributed by atoms with Crippen molar-refractivity contribution < 1.29 is 19.0 Å². The molecule has 0 aliphatic heterocycles. The lowest BCUT2D eigenvalue weighted by Gasteiger charge is -2.32. The van der Waals surface area contributed by atoms with E-state index >= 15 is 0 Å². The molecule has 1 atom stereocenters. The van der Waals surface area contributed by atoms with Crippen LogP contribution in [0.3, 0.4) is 0 Å². The second-order valence-electron chi connectivity index (χ2n) is 7.95. The van der Waals surface area contributed by atoms with E-state index in [2.05, 4.69) is 19.2 Å². The SMILES string of the molecule is CC(C)(CCC1CCC(OC(N)=O)CC1)NCC(O)c1cccc(F)c1. The fourth-order valence-corrected chi connectivity index (χ4v) is 3.56. The molecule has 1 unspecified atom stereocenters. The fraction of sp³-hybridized carbons (Fsp3) is 0.650. The Labute approximate surface area is 155 Å². The van der Waals surface area contributed by atoms with Gasteiger partial charge < -0.3 is 20.9 Å². The first-order chi connectivity index (χ1) is 12.2. The molecule has 1 aliphatic rings. The molecule has 2 rings (SSSR count). The Hall–Kier alpha value is -1.66. The van der Waals surface area contributed by atoms with Crippen LogP contribution in [0.15, 0.2) is 24.3 Å². The number of aliphatic hydroxyl groups excluding tert-OH is 1. The summed E-state index contributed by atoms with van der Waals surface area (Å²) in [5.74, 6) is 0.286. The maximum atomic E-state index is 13.3. The number of amides is 1. The van der Waals surface area contributed by atoms with E-state index < -0.39 is 12.2 Å². The minimum Gasteiger partial charge on any atom is -0.446 e. The van der Waals surface area contributed by atoms with Crippen LogP contribution < -0.4 is 11.1 Å². The number of carbonyl (C=O) groups is 1. The molecule has 0 aromatic heterocycles. The predicted molar refractivity (Wildman–Crippen MR) is 99.1 cm³/mol. The lowest BCUT2D eigenvalue weighted by atomic mass is 9.82. The third kappa shape index (κ3) is 6.92. The summed E-state index contributed by atoms with van der Waals surface area (Å²) >= 11 is 0. The molecule has 0 heterocycles. The van der Waals surface area contributed by atoms with Gasteiger partial charge in [-0.3, -0.25) is 0 Å². The van der Waals surface area contributed by atoms with Crippen molar-refractivity contribution in [3.05, 3.63) is 35.6 Å². The Morgan fingerprint density at radius 1 is 1.38 bits per heavy atom. The molecule has 0 bridgehead atoms. The molecule has 1 saturated carbocycles. The summed E-state index contributed by atoms with van der Waals surface area (Å²) in [5.41, 5.74) is 5.54. The van der Waals surface area contributed by atoms with Gasteiger partial charge in [0.15, 0.2) is 0 Å². The normalized spacial score (nSPS) is 22.0. The number of rotatable bonds is 8. The van der Waals surface area contributed by atoms with Gasteiger partial charge in [0.2, 0.25) is 0 Å². The average Bonchev–Trinajstić information content (AvgIpc) is 2.59. The van der Waals surface area contributed by atoms with Crippen molar-refractivity contribution in [1.82, 2.24) is 5.32 Å². The van der Waals surface area contributed by atoms with Gasteiger partial charge in [-0.1, -0.05) is 12.1 Å². The smallest absolute Gasteiger partial charge is 0.404 e. The van der Waals surface area contributed by atoms with Crippen LogP contribution in [0.2, 0.25) is 0 Å². The number of carbonyl (C=O) groups excluding carboxylic acids is 1. The number of halogens is 1. The van der Waals surface area contributed by atoms with Crippen molar-refractivity contribution in [3.8, 4) is 0 Å². The Morgan fingerprint density at radius 3 is 2.69 bits per heavy atom. The molecule has 1 aliphatic carbocycles. The zero-order chi connectivity index (χ0) is 19.2. The first-order valence-electron chi connectivity index (χ1n) is 9.40. The van der Waals surface area contributed by atoms with Crippen LogP contribution in [0.25, 0.3) is 0 Å². The minimum absolute atomic E-state index is 0.0312. The van der Waals surface area contributed by atoms with Crippen LogP contribution in [0.4, 0.5) is 9.18 Å². The molecule has 0 radical (unpaired) electrons. The quantitative estimate of drug-likeness (QED) is 0.655. The molecular formula is C20H31FN2O3. The highest BCUT2D eigenvalue weighted by atomic mass is 19.1. The van der Waals surface area contributed by atoms with Crippen molar-refractivity contribution in [2.75, 3.05) is 6.54 Å². The Kier molecular flexibility index (Phi) is 7.41. The van der Waals surface area contributed by atoms with Gasteiger partial charge in [0.25, 0.3) is 0 Å². The number of hydrogen-bond acceptors (Lipinski definition) is 4. The zero-order valence-corrected chi connectivity index (χ0v) is 15.7. The van der Waals surface area contributed by atoms with E-state index in [1.165, 1.54) is 12.1 Å². The lowest BCUT2D eigenvalue weighted by molar-refractivity contribution is 0.0682. The van der Waals surface area contributed by atoms with E-state index in [9.17, 15) is 14.3 Å². The monoisotopic (exact) mass is 366 g/mol. The highest BCUT2D eigenvalue weighted by molar-refractivity contribution is 5.64. The average molecular weight is 366 g/mol. The van der Waals surface area contributed by atoms with Crippen LogP contribution in [0.1, 0.15) is 64.0 Å². The van der Waals surface area contributed by atoms with E-state index in [1.807, 2.05) is 0 Å². The van der Waals surface area contributed by atoms with Gasteiger partial charge in [-0.05, 0) is 76.0 Å². The topological polar surface area (TPSA) is 84.6 Å². The Morgan fingerprint density at radius 2 is 2.08 bits per heavy atom. The molecule has 26 heavy (non-hydrogen) atoms. The predicted octanol–water partition coefficient (Wildman–Crippen LogP) is 3.66. The first-order valence-corrected chi connectivity index (χ1v) is 9.40. The number of primary amides is 1. The third-order valence-corrected chi connectivity index (χ3v) is 5.26. The summed E-state index contributed by atoms with van der Waals surface area (Å²) in [6.45, 7) is 4.62. The van der Waals surface area contributed by atoms with E-state index in [1.54, 1.807) is 12.1 Å². The van der Waals surface area contributed by atoms with E-state index in [0.29, 0.717) is 18.0 Å². The Balaban J connectivity index is 1.71. The van der Waals surface area contributed by atoms with Crippen molar-refractivity contribution in [2.45, 2.75) is 70.1 Å². The number of β-amino-alcohol motifs (C(OH)–C–C–N with tert-alkyl or cyclic N) is 1. The molecule has 4 N–H and O–H groups in total. The highest BCUT2D eigenvalue weighted by Crippen LogP contribution is 2.31. The maximum absolute atomic E-state index is 13.3. The van der Waals surface area contributed by atoms with E-state index in [4.69, 9.17) is 10.5 Å². The molecule has 1 aromatic rings. The maximum Gasteiger partial charge on any atom is 0.404 e. The summed E-state index contributed by atoms with van der Waals surface area (Å²) in [7, 11) is 0. The summed E-state index contributed by atoms with van der Waals surface area (Å²) in [6.07, 6.45) is 4.45. The van der Waals surface area contributed by atoms with Gasteiger partial charge in [-0.25, -0.2) is 9.18 Å². The Bertz CT molecular complexity index is 586. The van der Waals surface area contributed by atoms with Crippen LogP contribution >= 0.6 is 0 Å². The number of nitrogens with two attached hydrogens (primary N) is 1. The number of aliphatic hydroxyl groups is 1. The van der Waals surface area contributed by atoms with Crippen molar-refractivity contribution in [2.24, 2.45) is 11.7 Å². The van der Waals surface area contributed by atoms with E-state index in [0.717, 1.165) is 38.5 Å². The molecule has 0 saturated heterocycles. The lowest BCUT2D eigenvalue weighted by Crippen LogP contribution is -2.42. The zero-order valence-electron chi connectivity index (χ0n) is 15.7. The van der Waals surface area contributed by atoms with Crippen molar-refractivity contribution >= 4 is 6.09 Å². The van der Waals surface area contributed by atoms with Gasteiger partial charge >= 0.3 is 6.09 Å². The number of benzene rings is 1. The molecular weight excluding hydrogens is 335 g/mol. The second kappa shape index (κ2) is 9.33. The molecule has 1 fully saturated rings. The van der Waals surface area contributed by atoms with Crippen molar-refractivity contribution in [3.63, 3.8) is 0 Å². The fourth-order valence-electron chi connectivity index (χ4n) is 3.56. The van der Waals surface area contributed by atoms with Crippen molar-refractivity contribution in [1.29, 1.82) is 0 Å². The molecule has 6 heteroatoms. The standard InChI is InChI=1S/C20H31FN2O3/c1-20(2,23-13-18(24)15-4-3-5-16(21)12-15)11-10-14-6-8-17(9-7-14)26-19(22)25/h3-5,12,14,17-18,23-24H,6-11,13H2,1-2H3,(H2,22,25).